The molecule has 1 aliphatic heterocycles. The van der Waals surface area contributed by atoms with Crippen molar-refractivity contribution in [1.29, 1.82) is 5.26 Å². The lowest BCUT2D eigenvalue weighted by Gasteiger charge is -2.28. The second-order valence-electron chi connectivity index (χ2n) is 7.58. The van der Waals surface area contributed by atoms with E-state index < -0.39 is 77.2 Å². The van der Waals surface area contributed by atoms with Crippen LogP contribution in [0.15, 0.2) is 40.9 Å². The van der Waals surface area contributed by atoms with Crippen molar-refractivity contribution in [1.82, 2.24) is 10.1 Å². The molecular formula is C21H11F9N4O. The Morgan fingerprint density at radius 3 is 2.31 bits per heavy atom. The van der Waals surface area contributed by atoms with Crippen LogP contribution < -0.4 is 4.90 Å². The second kappa shape index (κ2) is 8.17. The highest BCUT2D eigenvalue weighted by molar-refractivity contribution is 5.67. The number of fused-ring (bicyclic) bond motifs is 1. The van der Waals surface area contributed by atoms with Gasteiger partial charge in [-0.1, -0.05) is 11.2 Å². The fraction of sp³-hybridized carbons (Fsp3) is 0.286. The minimum absolute atomic E-state index is 0.147. The summed E-state index contributed by atoms with van der Waals surface area (Å²) in [5.41, 5.74) is -4.54. The largest absolute Gasteiger partial charge is 0.418 e. The summed E-state index contributed by atoms with van der Waals surface area (Å²) in [6.45, 7) is -0.747. The van der Waals surface area contributed by atoms with E-state index in [-0.39, 0.29) is 5.56 Å². The molecular weight excluding hydrogens is 495 g/mol. The molecule has 35 heavy (non-hydrogen) atoms. The van der Waals surface area contributed by atoms with E-state index in [0.717, 1.165) is 24.3 Å². The lowest BCUT2D eigenvalue weighted by Crippen LogP contribution is -2.43. The van der Waals surface area contributed by atoms with Crippen LogP contribution in [0.5, 0.6) is 0 Å². The molecule has 0 amide bonds. The van der Waals surface area contributed by atoms with Gasteiger partial charge in [-0.25, -0.2) is 0 Å². The number of aromatic nitrogens is 2. The number of hydrogen-bond donors (Lipinski definition) is 0. The van der Waals surface area contributed by atoms with Gasteiger partial charge in [0.25, 0.3) is 5.89 Å². The summed E-state index contributed by atoms with van der Waals surface area (Å²) in [5, 5.41) is 12.5. The Hall–Kier alpha value is -3.76. The lowest BCUT2D eigenvalue weighted by atomic mass is 9.97. The first kappa shape index (κ1) is 24.4. The van der Waals surface area contributed by atoms with E-state index in [1.54, 1.807) is 0 Å². The number of alkyl halides is 9. The smallest absolute Gasteiger partial charge is 0.351 e. The molecule has 0 bridgehead atoms. The van der Waals surface area contributed by atoms with Gasteiger partial charge in [-0.05, 0) is 35.9 Å². The van der Waals surface area contributed by atoms with Crippen molar-refractivity contribution < 1.29 is 44.0 Å². The molecule has 184 valence electrons. The predicted octanol–water partition coefficient (Wildman–Crippen LogP) is 6.14. The van der Waals surface area contributed by atoms with Crippen LogP contribution in [0.25, 0.3) is 11.5 Å². The summed E-state index contributed by atoms with van der Waals surface area (Å²) in [7, 11) is 0. The highest BCUT2D eigenvalue weighted by atomic mass is 19.4. The summed E-state index contributed by atoms with van der Waals surface area (Å²) < 4.78 is 126. The Morgan fingerprint density at radius 2 is 1.71 bits per heavy atom. The lowest BCUT2D eigenvalue weighted by molar-refractivity contribution is -0.149. The van der Waals surface area contributed by atoms with E-state index in [0.29, 0.717) is 11.0 Å². The van der Waals surface area contributed by atoms with Crippen LogP contribution in [0.4, 0.5) is 45.2 Å². The Kier molecular flexibility index (Phi) is 5.69. The monoisotopic (exact) mass is 506 g/mol. The van der Waals surface area contributed by atoms with E-state index in [1.807, 2.05) is 0 Å². The standard InChI is InChI=1S/C21H11F9N4O/c22-19(23,24)12-3-1-2-10(6-12)18-32-16(33-35-18)9-34-14-5-4-11(8-31)17(21(28,29)30)13(14)7-15(34)20(25,26)27/h1-6,15H,7,9H2. The van der Waals surface area contributed by atoms with E-state index >= 15 is 0 Å². The van der Waals surface area contributed by atoms with Crippen LogP contribution in [0.2, 0.25) is 0 Å². The van der Waals surface area contributed by atoms with E-state index in [2.05, 4.69) is 10.1 Å². The number of halogens is 9. The minimum atomic E-state index is -5.08. The topological polar surface area (TPSA) is 66.0 Å². The molecule has 0 radical (unpaired) electrons. The van der Waals surface area contributed by atoms with Crippen molar-refractivity contribution >= 4 is 5.69 Å². The van der Waals surface area contributed by atoms with Crippen LogP contribution in [-0.2, 0) is 25.3 Å². The normalized spacial score (nSPS) is 16.3. The van der Waals surface area contributed by atoms with Crippen LogP contribution in [0.3, 0.4) is 0 Å². The van der Waals surface area contributed by atoms with Crippen LogP contribution in [0, 0.1) is 11.3 Å². The molecule has 1 atom stereocenters. The van der Waals surface area contributed by atoms with Gasteiger partial charge < -0.3 is 9.42 Å². The van der Waals surface area contributed by atoms with Gasteiger partial charge in [0.05, 0.1) is 29.3 Å². The summed E-state index contributed by atoms with van der Waals surface area (Å²) in [5.74, 6) is -0.803. The van der Waals surface area contributed by atoms with Gasteiger partial charge in [0.1, 0.15) is 6.04 Å². The van der Waals surface area contributed by atoms with Crippen molar-refractivity contribution in [3.63, 3.8) is 0 Å². The van der Waals surface area contributed by atoms with Gasteiger partial charge in [-0.3, -0.25) is 0 Å². The maximum Gasteiger partial charge on any atom is 0.418 e. The van der Waals surface area contributed by atoms with E-state index in [9.17, 15) is 39.5 Å². The summed E-state index contributed by atoms with van der Waals surface area (Å²) in [4.78, 5) is 4.44. The van der Waals surface area contributed by atoms with E-state index in [4.69, 9.17) is 9.78 Å². The molecule has 0 spiro atoms. The highest BCUT2D eigenvalue weighted by Crippen LogP contribution is 2.47. The molecule has 1 unspecified atom stereocenters. The van der Waals surface area contributed by atoms with Gasteiger partial charge in [0.2, 0.25) is 0 Å². The molecule has 14 heteroatoms. The van der Waals surface area contributed by atoms with Crippen molar-refractivity contribution in [3.05, 3.63) is 64.5 Å². The number of rotatable bonds is 3. The molecule has 2 heterocycles. The van der Waals surface area contributed by atoms with Gasteiger partial charge in [0.15, 0.2) is 5.82 Å². The molecule has 1 aliphatic rings. The molecule has 4 rings (SSSR count). The fourth-order valence-electron chi connectivity index (χ4n) is 3.91. The maximum absolute atomic E-state index is 13.8. The van der Waals surface area contributed by atoms with Crippen LogP contribution in [0.1, 0.15) is 28.1 Å². The number of anilines is 1. The number of benzene rings is 2. The van der Waals surface area contributed by atoms with Crippen LogP contribution >= 0.6 is 0 Å². The predicted molar refractivity (Wildman–Crippen MR) is 101 cm³/mol. The van der Waals surface area contributed by atoms with Gasteiger partial charge in [-0.15, -0.1) is 0 Å². The average molecular weight is 506 g/mol. The molecule has 1 aromatic heterocycles. The molecule has 0 N–H and O–H groups in total. The Labute approximate surface area is 190 Å². The molecule has 0 fully saturated rings. The third-order valence-electron chi connectivity index (χ3n) is 5.37. The Balaban J connectivity index is 1.72. The highest BCUT2D eigenvalue weighted by Gasteiger charge is 2.51. The molecule has 3 aromatic rings. The van der Waals surface area contributed by atoms with Gasteiger partial charge >= 0.3 is 18.5 Å². The third-order valence-corrected chi connectivity index (χ3v) is 5.37. The second-order valence-corrected chi connectivity index (χ2v) is 7.58. The fourth-order valence-corrected chi connectivity index (χ4v) is 3.91. The van der Waals surface area contributed by atoms with Gasteiger partial charge in [0, 0.05) is 17.7 Å². The molecule has 0 saturated heterocycles. The molecule has 0 saturated carbocycles. The van der Waals surface area contributed by atoms with E-state index in [1.165, 1.54) is 12.1 Å². The average Bonchev–Trinajstić information content (AvgIpc) is 3.37. The molecule has 5 nitrogen and oxygen atoms in total. The number of nitriles is 1. The Bertz CT molecular complexity index is 1300. The van der Waals surface area contributed by atoms with Crippen molar-refractivity contribution in [2.45, 2.75) is 37.5 Å². The number of hydrogen-bond acceptors (Lipinski definition) is 5. The first-order valence-corrected chi connectivity index (χ1v) is 9.67. The SMILES string of the molecule is N#Cc1ccc2c(c1C(F)(F)F)CC(C(F)(F)F)N2Cc1noc(-c2cccc(C(F)(F)F)c2)n1. The number of nitrogens with zero attached hydrogens (tertiary/aromatic N) is 4. The Morgan fingerprint density at radius 1 is 1.00 bits per heavy atom. The quantitative estimate of drug-likeness (QED) is 0.400. The zero-order chi connectivity index (χ0) is 25.8. The summed E-state index contributed by atoms with van der Waals surface area (Å²) >= 11 is 0. The zero-order valence-corrected chi connectivity index (χ0v) is 17.1. The van der Waals surface area contributed by atoms with Crippen molar-refractivity contribution in [2.24, 2.45) is 0 Å². The third kappa shape index (κ3) is 4.62. The maximum atomic E-state index is 13.8. The van der Waals surface area contributed by atoms with Crippen molar-refractivity contribution in [3.8, 4) is 17.5 Å². The first-order chi connectivity index (χ1) is 16.2. The van der Waals surface area contributed by atoms with Crippen molar-refractivity contribution in [2.75, 3.05) is 4.90 Å². The molecule has 2 aromatic carbocycles. The minimum Gasteiger partial charge on any atom is -0.351 e. The zero-order valence-electron chi connectivity index (χ0n) is 17.1. The first-order valence-electron chi connectivity index (χ1n) is 9.67. The molecule has 0 aliphatic carbocycles. The summed E-state index contributed by atoms with van der Waals surface area (Å²) in [6.07, 6.45) is -15.8. The van der Waals surface area contributed by atoms with Crippen LogP contribution in [-0.4, -0.2) is 22.4 Å². The van der Waals surface area contributed by atoms with Gasteiger partial charge in [-0.2, -0.15) is 49.8 Å². The summed E-state index contributed by atoms with van der Waals surface area (Å²) in [6, 6.07) is 4.51.